The van der Waals surface area contributed by atoms with Crippen LogP contribution in [0.15, 0.2) is 182 Å². The Bertz CT molecular complexity index is 2810. The highest BCUT2D eigenvalue weighted by Crippen LogP contribution is 2.61. The fourth-order valence-electron chi connectivity index (χ4n) is 8.58. The molecule has 9 aromatic rings. The number of rotatable bonds is 3. The third-order valence-corrected chi connectivity index (χ3v) is 10.8. The molecule has 0 amide bonds. The molecule has 0 bridgehead atoms. The maximum Gasteiger partial charge on any atom is 0.134 e. The molecule has 11 rings (SSSR count). The van der Waals surface area contributed by atoms with Gasteiger partial charge in [-0.3, -0.25) is 4.98 Å². The smallest absolute Gasteiger partial charge is 0.134 e. The highest BCUT2D eigenvalue weighted by Gasteiger charge is 2.50. The van der Waals surface area contributed by atoms with E-state index in [1.165, 1.54) is 21.9 Å². The zero-order valence-corrected chi connectivity index (χ0v) is 28.0. The molecule has 4 nitrogen and oxygen atoms in total. The van der Waals surface area contributed by atoms with Crippen LogP contribution >= 0.6 is 0 Å². The first-order valence-corrected chi connectivity index (χ1v) is 17.6. The molecule has 2 aliphatic rings. The molecular formula is C48H30N2O2. The van der Waals surface area contributed by atoms with Crippen molar-refractivity contribution in [2.45, 2.75) is 5.41 Å². The van der Waals surface area contributed by atoms with Gasteiger partial charge in [0.1, 0.15) is 23.0 Å². The fraction of sp³-hybridized carbons (Fsp3) is 0.0208. The van der Waals surface area contributed by atoms with Gasteiger partial charge in [-0.2, -0.15) is 0 Å². The lowest BCUT2D eigenvalue weighted by Crippen LogP contribution is -2.36. The normalized spacial score (nSPS) is 15.3. The molecule has 244 valence electrons. The Morgan fingerprint density at radius 3 is 1.77 bits per heavy atom. The predicted octanol–water partition coefficient (Wildman–Crippen LogP) is 12.1. The van der Waals surface area contributed by atoms with Gasteiger partial charge in [0.2, 0.25) is 0 Å². The van der Waals surface area contributed by atoms with Crippen molar-refractivity contribution >= 4 is 21.8 Å². The number of benzene rings is 7. The van der Waals surface area contributed by atoms with E-state index in [1.807, 2.05) is 12.4 Å². The molecule has 1 atom stereocenters. The monoisotopic (exact) mass is 666 g/mol. The first-order valence-electron chi connectivity index (χ1n) is 17.6. The van der Waals surface area contributed by atoms with Crippen LogP contribution in [0.25, 0.3) is 49.7 Å². The topological polar surface area (TPSA) is 36.3 Å². The molecule has 1 unspecified atom stereocenters. The summed E-state index contributed by atoms with van der Waals surface area (Å²) in [5.74, 6) is 3.32. The second-order valence-electron chi connectivity index (χ2n) is 13.5. The van der Waals surface area contributed by atoms with Crippen LogP contribution in [0.2, 0.25) is 0 Å². The van der Waals surface area contributed by atoms with Crippen LogP contribution in [0.3, 0.4) is 0 Å². The van der Waals surface area contributed by atoms with Gasteiger partial charge in [0.05, 0.1) is 22.6 Å². The average Bonchev–Trinajstić information content (AvgIpc) is 3.55. The summed E-state index contributed by atoms with van der Waals surface area (Å²) >= 11 is 0. The number of pyridine rings is 1. The van der Waals surface area contributed by atoms with Crippen LogP contribution in [0, 0.1) is 0 Å². The number of ether oxygens (including phenoxy) is 2. The molecule has 1 spiro atoms. The van der Waals surface area contributed by atoms with E-state index in [0.717, 1.165) is 73.1 Å². The molecule has 0 N–H and O–H groups in total. The van der Waals surface area contributed by atoms with Crippen molar-refractivity contribution < 1.29 is 9.47 Å². The number of fused-ring (bicyclic) bond motifs is 11. The number of hydrogen-bond donors (Lipinski definition) is 0. The molecule has 2 aromatic heterocycles. The van der Waals surface area contributed by atoms with Crippen molar-refractivity contribution in [2.24, 2.45) is 0 Å². The van der Waals surface area contributed by atoms with Crippen LogP contribution in [-0.2, 0) is 5.41 Å². The summed E-state index contributed by atoms with van der Waals surface area (Å²) in [7, 11) is 0. The SMILES string of the molecule is c1ccc(-c2cccc(-c3ccc4c(c3)Oc3ccccc3C43c4ccccc4Oc4cc(-n5c6ccccc6c6ccncc65)ccc43)c2)cc1. The fourth-order valence-corrected chi connectivity index (χ4v) is 8.58. The van der Waals surface area contributed by atoms with E-state index < -0.39 is 5.41 Å². The van der Waals surface area contributed by atoms with Crippen LogP contribution in [-0.4, -0.2) is 9.55 Å². The van der Waals surface area contributed by atoms with Crippen molar-refractivity contribution in [1.29, 1.82) is 0 Å². The van der Waals surface area contributed by atoms with Crippen molar-refractivity contribution in [3.8, 4) is 50.9 Å². The number of aromatic nitrogens is 2. The minimum Gasteiger partial charge on any atom is -0.457 e. The molecule has 0 radical (unpaired) electrons. The van der Waals surface area contributed by atoms with E-state index in [4.69, 9.17) is 9.47 Å². The number of hydrogen-bond acceptors (Lipinski definition) is 3. The molecule has 0 aliphatic carbocycles. The van der Waals surface area contributed by atoms with Crippen molar-refractivity contribution in [3.05, 3.63) is 205 Å². The molecular weight excluding hydrogens is 637 g/mol. The van der Waals surface area contributed by atoms with Gasteiger partial charge >= 0.3 is 0 Å². The summed E-state index contributed by atoms with van der Waals surface area (Å²) in [5.41, 5.74) is 11.5. The van der Waals surface area contributed by atoms with Crippen LogP contribution in [0.1, 0.15) is 22.3 Å². The molecule has 7 aromatic carbocycles. The Kier molecular flexibility index (Phi) is 6.13. The number of nitrogens with zero attached hydrogens (tertiary/aromatic N) is 2. The highest BCUT2D eigenvalue weighted by molar-refractivity contribution is 6.09. The summed E-state index contributed by atoms with van der Waals surface area (Å²) in [5, 5.41) is 2.36. The van der Waals surface area contributed by atoms with Gasteiger partial charge < -0.3 is 14.0 Å². The van der Waals surface area contributed by atoms with Crippen LogP contribution in [0.4, 0.5) is 0 Å². The highest BCUT2D eigenvalue weighted by atomic mass is 16.5. The Morgan fingerprint density at radius 1 is 0.404 bits per heavy atom. The minimum atomic E-state index is -0.681. The summed E-state index contributed by atoms with van der Waals surface area (Å²) in [4.78, 5) is 4.51. The van der Waals surface area contributed by atoms with E-state index >= 15 is 0 Å². The predicted molar refractivity (Wildman–Crippen MR) is 208 cm³/mol. The third-order valence-electron chi connectivity index (χ3n) is 10.8. The van der Waals surface area contributed by atoms with Gasteiger partial charge in [0.25, 0.3) is 0 Å². The Hall–Kier alpha value is -6.91. The number of para-hydroxylation sites is 3. The van der Waals surface area contributed by atoms with Gasteiger partial charge in [-0.05, 0) is 64.7 Å². The summed E-state index contributed by atoms with van der Waals surface area (Å²) in [6.45, 7) is 0. The van der Waals surface area contributed by atoms with Gasteiger partial charge in [-0.25, -0.2) is 0 Å². The van der Waals surface area contributed by atoms with E-state index in [-0.39, 0.29) is 0 Å². The van der Waals surface area contributed by atoms with Gasteiger partial charge in [-0.1, -0.05) is 121 Å². The molecule has 52 heavy (non-hydrogen) atoms. The molecule has 4 heteroatoms. The zero-order chi connectivity index (χ0) is 34.2. The molecule has 0 saturated carbocycles. The Morgan fingerprint density at radius 2 is 0.981 bits per heavy atom. The van der Waals surface area contributed by atoms with E-state index in [1.54, 1.807) is 0 Å². The van der Waals surface area contributed by atoms with Crippen molar-refractivity contribution in [1.82, 2.24) is 9.55 Å². The lowest BCUT2D eigenvalue weighted by atomic mass is 9.62. The standard InChI is InChI=1S/C48H30N2O2/c1-2-11-31(12-3-1)32-13-10-14-33(27-32)34-21-23-40-46(28-34)51-44-19-8-5-16-38(44)48(40)39-17-6-9-20-45(39)52-47-29-35(22-24-41(47)48)50-42-18-7-4-15-36(42)37-25-26-49-30-43(37)50/h1-30H. The molecule has 4 heterocycles. The second-order valence-corrected chi connectivity index (χ2v) is 13.5. The largest absolute Gasteiger partial charge is 0.457 e. The minimum absolute atomic E-state index is 0.681. The van der Waals surface area contributed by atoms with E-state index in [2.05, 4.69) is 179 Å². The zero-order valence-electron chi connectivity index (χ0n) is 28.0. The van der Waals surface area contributed by atoms with E-state index in [0.29, 0.717) is 0 Å². The van der Waals surface area contributed by atoms with Crippen molar-refractivity contribution in [3.63, 3.8) is 0 Å². The van der Waals surface area contributed by atoms with Gasteiger partial charge in [-0.15, -0.1) is 0 Å². The van der Waals surface area contributed by atoms with Gasteiger partial charge in [0.15, 0.2) is 0 Å². The van der Waals surface area contributed by atoms with Gasteiger partial charge in [0, 0.05) is 51.0 Å². The second kappa shape index (κ2) is 11.0. The van der Waals surface area contributed by atoms with Crippen molar-refractivity contribution in [2.75, 3.05) is 0 Å². The maximum atomic E-state index is 6.88. The van der Waals surface area contributed by atoms with E-state index in [9.17, 15) is 0 Å². The third kappa shape index (κ3) is 4.06. The average molecular weight is 667 g/mol. The summed E-state index contributed by atoms with van der Waals surface area (Å²) in [6, 6.07) is 60.1. The maximum absolute atomic E-state index is 6.88. The molecule has 0 fully saturated rings. The quantitative estimate of drug-likeness (QED) is 0.188. The van der Waals surface area contributed by atoms with Crippen LogP contribution in [0.5, 0.6) is 23.0 Å². The Balaban J connectivity index is 1.14. The van der Waals surface area contributed by atoms with Crippen LogP contribution < -0.4 is 9.47 Å². The molecule has 0 saturated heterocycles. The summed E-state index contributed by atoms with van der Waals surface area (Å²) < 4.78 is 16.0. The first kappa shape index (κ1) is 28.9. The lowest BCUT2D eigenvalue weighted by molar-refractivity contribution is 0.399. The first-order chi connectivity index (χ1) is 25.8. The summed E-state index contributed by atoms with van der Waals surface area (Å²) in [6.07, 6.45) is 3.81. The Labute approximate surface area is 300 Å². The molecule has 2 aliphatic heterocycles. The lowest BCUT2D eigenvalue weighted by Gasteiger charge is -2.45.